The number of rotatable bonds is 7. The van der Waals surface area contributed by atoms with Crippen LogP contribution in [-0.4, -0.2) is 15.4 Å². The Kier molecular flexibility index (Phi) is 5.68. The van der Waals surface area contributed by atoms with Crippen LogP contribution in [0, 0.1) is 0 Å². The molecule has 0 radical (unpaired) electrons. The standard InChI is InChI=1S/C10H19ClN4/c1-2-7-15-8-6-13-10(15)9(14-12)4-3-5-11/h6,8-9,14H,2-5,7,12H2,1H3. The van der Waals surface area contributed by atoms with E-state index in [9.17, 15) is 0 Å². The van der Waals surface area contributed by atoms with Gasteiger partial charge >= 0.3 is 0 Å². The molecule has 1 aromatic heterocycles. The molecule has 1 unspecified atom stereocenters. The fourth-order valence-electron chi connectivity index (χ4n) is 1.63. The molecule has 4 nitrogen and oxygen atoms in total. The van der Waals surface area contributed by atoms with Crippen molar-refractivity contribution in [2.75, 3.05) is 5.88 Å². The third kappa shape index (κ3) is 3.48. The second-order valence-electron chi connectivity index (χ2n) is 3.53. The SMILES string of the molecule is CCCn1ccnc1C(CCCCl)NN. The molecule has 0 aliphatic rings. The molecule has 1 heterocycles. The van der Waals surface area contributed by atoms with Gasteiger partial charge in [0.05, 0.1) is 6.04 Å². The molecule has 0 spiro atoms. The monoisotopic (exact) mass is 230 g/mol. The zero-order valence-corrected chi connectivity index (χ0v) is 9.87. The van der Waals surface area contributed by atoms with Crippen molar-refractivity contribution in [3.8, 4) is 0 Å². The normalized spacial score (nSPS) is 13.0. The molecule has 0 amide bonds. The van der Waals surface area contributed by atoms with Gasteiger partial charge in [0.1, 0.15) is 5.82 Å². The van der Waals surface area contributed by atoms with E-state index in [0.717, 1.165) is 31.6 Å². The van der Waals surface area contributed by atoms with Crippen LogP contribution in [0.2, 0.25) is 0 Å². The van der Waals surface area contributed by atoms with E-state index in [0.29, 0.717) is 5.88 Å². The minimum Gasteiger partial charge on any atom is -0.334 e. The first-order valence-corrected chi connectivity index (χ1v) is 5.90. The highest BCUT2D eigenvalue weighted by molar-refractivity contribution is 6.17. The van der Waals surface area contributed by atoms with E-state index in [2.05, 4.69) is 21.9 Å². The highest BCUT2D eigenvalue weighted by Gasteiger charge is 2.14. The van der Waals surface area contributed by atoms with Crippen LogP contribution in [0.5, 0.6) is 0 Å². The quantitative estimate of drug-likeness (QED) is 0.427. The molecule has 86 valence electrons. The number of hydrazine groups is 1. The smallest absolute Gasteiger partial charge is 0.127 e. The van der Waals surface area contributed by atoms with E-state index in [1.165, 1.54) is 0 Å². The predicted octanol–water partition coefficient (Wildman–Crippen LogP) is 1.82. The maximum Gasteiger partial charge on any atom is 0.127 e. The van der Waals surface area contributed by atoms with E-state index in [1.54, 1.807) is 0 Å². The van der Waals surface area contributed by atoms with Crippen molar-refractivity contribution in [3.63, 3.8) is 0 Å². The van der Waals surface area contributed by atoms with Crippen molar-refractivity contribution in [2.24, 2.45) is 5.84 Å². The lowest BCUT2D eigenvalue weighted by atomic mass is 10.1. The lowest BCUT2D eigenvalue weighted by molar-refractivity contribution is 0.460. The molecule has 1 rings (SSSR count). The minimum absolute atomic E-state index is 0.102. The fourth-order valence-corrected chi connectivity index (χ4v) is 1.78. The van der Waals surface area contributed by atoms with Crippen LogP contribution in [0.4, 0.5) is 0 Å². The van der Waals surface area contributed by atoms with Crippen molar-refractivity contribution < 1.29 is 0 Å². The van der Waals surface area contributed by atoms with Crippen LogP contribution in [-0.2, 0) is 6.54 Å². The van der Waals surface area contributed by atoms with E-state index >= 15 is 0 Å². The number of aromatic nitrogens is 2. The highest BCUT2D eigenvalue weighted by Crippen LogP contribution is 2.16. The van der Waals surface area contributed by atoms with Gasteiger partial charge in [-0.3, -0.25) is 5.84 Å². The Hall–Kier alpha value is -0.580. The molecular weight excluding hydrogens is 212 g/mol. The summed E-state index contributed by atoms with van der Waals surface area (Å²) in [6.45, 7) is 3.13. The Bertz CT molecular complexity index is 274. The number of nitrogens with zero attached hydrogens (tertiary/aromatic N) is 2. The number of nitrogens with one attached hydrogen (secondary N) is 1. The van der Waals surface area contributed by atoms with E-state index in [-0.39, 0.29) is 6.04 Å². The third-order valence-corrected chi connectivity index (χ3v) is 2.62. The molecule has 1 aromatic rings. The summed E-state index contributed by atoms with van der Waals surface area (Å²) in [4.78, 5) is 4.34. The number of alkyl halides is 1. The minimum atomic E-state index is 0.102. The first kappa shape index (κ1) is 12.5. The molecule has 3 N–H and O–H groups in total. The maximum atomic E-state index is 5.67. The number of hydrogen-bond acceptors (Lipinski definition) is 3. The molecular formula is C10H19ClN4. The van der Waals surface area contributed by atoms with Crippen molar-refractivity contribution in [1.82, 2.24) is 15.0 Å². The van der Waals surface area contributed by atoms with Gasteiger partial charge in [0.15, 0.2) is 0 Å². The Morgan fingerprint density at radius 3 is 3.07 bits per heavy atom. The van der Waals surface area contributed by atoms with Crippen molar-refractivity contribution >= 4 is 11.6 Å². The first-order chi connectivity index (χ1) is 7.33. The van der Waals surface area contributed by atoms with Crippen LogP contribution in [0.3, 0.4) is 0 Å². The van der Waals surface area contributed by atoms with Gasteiger partial charge in [-0.15, -0.1) is 11.6 Å². The summed E-state index contributed by atoms with van der Waals surface area (Å²) in [6, 6.07) is 0.102. The molecule has 0 saturated carbocycles. The summed E-state index contributed by atoms with van der Waals surface area (Å²) in [6.07, 6.45) is 6.76. The fraction of sp³-hybridized carbons (Fsp3) is 0.700. The number of hydrogen-bond donors (Lipinski definition) is 2. The second-order valence-corrected chi connectivity index (χ2v) is 3.91. The van der Waals surface area contributed by atoms with Crippen molar-refractivity contribution in [3.05, 3.63) is 18.2 Å². The summed E-state index contributed by atoms with van der Waals surface area (Å²) in [7, 11) is 0. The van der Waals surface area contributed by atoms with Gasteiger partial charge in [0, 0.05) is 24.8 Å². The van der Waals surface area contributed by atoms with Crippen LogP contribution >= 0.6 is 11.6 Å². The zero-order chi connectivity index (χ0) is 11.1. The van der Waals surface area contributed by atoms with Crippen LogP contribution < -0.4 is 11.3 Å². The molecule has 0 aliphatic carbocycles. The van der Waals surface area contributed by atoms with Gasteiger partial charge in [0.2, 0.25) is 0 Å². The summed E-state index contributed by atoms with van der Waals surface area (Å²) in [5, 5.41) is 0. The molecule has 0 aliphatic heterocycles. The van der Waals surface area contributed by atoms with E-state index < -0.39 is 0 Å². The van der Waals surface area contributed by atoms with Gasteiger partial charge in [-0.25, -0.2) is 10.4 Å². The van der Waals surface area contributed by atoms with Gasteiger partial charge in [0.25, 0.3) is 0 Å². The molecule has 0 aromatic carbocycles. The number of imidazole rings is 1. The molecule has 5 heteroatoms. The Labute approximate surface area is 95.8 Å². The van der Waals surface area contributed by atoms with Crippen LogP contribution in [0.1, 0.15) is 38.1 Å². The van der Waals surface area contributed by atoms with Gasteiger partial charge in [-0.05, 0) is 19.3 Å². The first-order valence-electron chi connectivity index (χ1n) is 5.36. The Morgan fingerprint density at radius 2 is 2.47 bits per heavy atom. The highest BCUT2D eigenvalue weighted by atomic mass is 35.5. The lowest BCUT2D eigenvalue weighted by Crippen LogP contribution is -2.30. The molecule has 1 atom stereocenters. The third-order valence-electron chi connectivity index (χ3n) is 2.35. The summed E-state index contributed by atoms with van der Waals surface area (Å²) in [5.41, 5.74) is 2.80. The van der Waals surface area contributed by atoms with Gasteiger partial charge < -0.3 is 4.57 Å². The zero-order valence-electron chi connectivity index (χ0n) is 9.12. The number of aryl methyl sites for hydroxylation is 1. The van der Waals surface area contributed by atoms with Gasteiger partial charge in [-0.2, -0.15) is 0 Å². The second kappa shape index (κ2) is 6.82. The molecule has 0 saturated heterocycles. The number of halogens is 1. The van der Waals surface area contributed by atoms with E-state index in [4.69, 9.17) is 17.4 Å². The Balaban J connectivity index is 2.67. The lowest BCUT2D eigenvalue weighted by Gasteiger charge is -2.16. The molecule has 0 bridgehead atoms. The van der Waals surface area contributed by atoms with Crippen molar-refractivity contribution in [2.45, 2.75) is 38.8 Å². The van der Waals surface area contributed by atoms with Crippen LogP contribution in [0.25, 0.3) is 0 Å². The summed E-state index contributed by atoms with van der Waals surface area (Å²) >= 11 is 5.67. The molecule has 0 fully saturated rings. The van der Waals surface area contributed by atoms with Crippen LogP contribution in [0.15, 0.2) is 12.4 Å². The van der Waals surface area contributed by atoms with Crippen molar-refractivity contribution in [1.29, 1.82) is 0 Å². The number of nitrogens with two attached hydrogens (primary N) is 1. The summed E-state index contributed by atoms with van der Waals surface area (Å²) in [5.74, 6) is 7.19. The molecule has 15 heavy (non-hydrogen) atoms. The van der Waals surface area contributed by atoms with Gasteiger partial charge in [-0.1, -0.05) is 6.92 Å². The topological polar surface area (TPSA) is 55.9 Å². The Morgan fingerprint density at radius 1 is 1.67 bits per heavy atom. The maximum absolute atomic E-state index is 5.67. The summed E-state index contributed by atoms with van der Waals surface area (Å²) < 4.78 is 2.14. The predicted molar refractivity (Wildman–Crippen MR) is 62.5 cm³/mol. The van der Waals surface area contributed by atoms with E-state index in [1.807, 2.05) is 12.4 Å². The average Bonchev–Trinajstić information content (AvgIpc) is 2.68. The largest absolute Gasteiger partial charge is 0.334 e. The average molecular weight is 231 g/mol.